The van der Waals surface area contributed by atoms with Crippen LogP contribution in [0.4, 0.5) is 21.9 Å². The number of rotatable bonds is 10. The molecular formula is C35H43N5O3. The monoisotopic (exact) mass is 581 g/mol. The van der Waals surface area contributed by atoms with E-state index in [1.165, 1.54) is 18.4 Å². The van der Waals surface area contributed by atoms with Crippen molar-refractivity contribution >= 4 is 29.0 Å². The number of carbonyl (C=O) groups is 2. The van der Waals surface area contributed by atoms with Crippen molar-refractivity contribution in [3.63, 3.8) is 0 Å². The lowest BCUT2D eigenvalue weighted by Gasteiger charge is -2.24. The van der Waals surface area contributed by atoms with Gasteiger partial charge in [-0.3, -0.25) is 9.69 Å². The minimum absolute atomic E-state index is 0.0371. The van der Waals surface area contributed by atoms with Crippen LogP contribution in [-0.2, 0) is 11.3 Å². The number of hydrogen-bond acceptors (Lipinski definition) is 5. The van der Waals surface area contributed by atoms with Crippen LogP contribution in [0.15, 0.2) is 78.9 Å². The largest absolute Gasteiger partial charge is 0.490 e. The van der Waals surface area contributed by atoms with E-state index in [2.05, 4.69) is 50.0 Å². The lowest BCUT2D eigenvalue weighted by atomic mass is 10.1. The fourth-order valence-electron chi connectivity index (χ4n) is 6.59. The first kappa shape index (κ1) is 29.1. The van der Waals surface area contributed by atoms with Gasteiger partial charge in [0.15, 0.2) is 0 Å². The van der Waals surface area contributed by atoms with E-state index in [4.69, 9.17) is 4.74 Å². The summed E-state index contributed by atoms with van der Waals surface area (Å²) in [5.74, 6) is 1.43. The number of nitrogens with one attached hydrogen (secondary N) is 3. The molecule has 1 saturated carbocycles. The molecular weight excluding hydrogens is 538 g/mol. The Morgan fingerprint density at radius 2 is 1.47 bits per heavy atom. The first-order valence-corrected chi connectivity index (χ1v) is 15.8. The summed E-state index contributed by atoms with van der Waals surface area (Å²) in [4.78, 5) is 30.3. The van der Waals surface area contributed by atoms with Gasteiger partial charge >= 0.3 is 6.03 Å². The van der Waals surface area contributed by atoms with Crippen molar-refractivity contribution in [3.05, 3.63) is 84.4 Å². The standard InChI is InChI=1S/C35H43N5O3/c41-34(33-11-6-21-40(33)24-26-7-2-1-3-8-26)36-23-27-20-22-39(25-27)30-16-12-28(13-17-30)37-35(42)38-29-14-18-32(19-15-29)43-31-9-4-5-10-31/h1-3,7-8,12-19,27,31,33H,4-6,9-11,20-25H2,(H,36,41)(H2,37,38,42)/t27?,33-/m0/s1. The summed E-state index contributed by atoms with van der Waals surface area (Å²) in [6, 6.07) is 25.6. The van der Waals surface area contributed by atoms with Crippen molar-refractivity contribution in [2.24, 2.45) is 5.92 Å². The maximum Gasteiger partial charge on any atom is 0.323 e. The zero-order valence-electron chi connectivity index (χ0n) is 24.8. The number of ether oxygens (including phenoxy) is 1. The summed E-state index contributed by atoms with van der Waals surface area (Å²) in [6.45, 7) is 4.37. The second-order valence-electron chi connectivity index (χ2n) is 12.1. The summed E-state index contributed by atoms with van der Waals surface area (Å²) in [7, 11) is 0. The van der Waals surface area contributed by atoms with Crippen LogP contribution in [-0.4, -0.2) is 55.2 Å². The minimum atomic E-state index is -0.279. The van der Waals surface area contributed by atoms with Crippen molar-refractivity contribution in [1.29, 1.82) is 0 Å². The van der Waals surface area contributed by atoms with Crippen molar-refractivity contribution in [2.45, 2.75) is 63.6 Å². The molecule has 8 heteroatoms. The molecule has 0 spiro atoms. The third-order valence-electron chi connectivity index (χ3n) is 8.95. The fourth-order valence-corrected chi connectivity index (χ4v) is 6.59. The van der Waals surface area contributed by atoms with Gasteiger partial charge in [0.25, 0.3) is 0 Å². The van der Waals surface area contributed by atoms with Crippen LogP contribution < -0.4 is 25.6 Å². The van der Waals surface area contributed by atoms with Gasteiger partial charge in [-0.2, -0.15) is 0 Å². The van der Waals surface area contributed by atoms with Crippen LogP contribution >= 0.6 is 0 Å². The highest BCUT2D eigenvalue weighted by molar-refractivity contribution is 5.99. The highest BCUT2D eigenvalue weighted by Gasteiger charge is 2.31. The quantitative estimate of drug-likeness (QED) is 0.263. The summed E-state index contributed by atoms with van der Waals surface area (Å²) in [6.07, 6.45) is 8.06. The molecule has 1 unspecified atom stereocenters. The Labute approximate surface area is 254 Å². The van der Waals surface area contributed by atoms with Gasteiger partial charge in [0.05, 0.1) is 12.1 Å². The average molecular weight is 582 g/mol. The molecule has 2 atom stereocenters. The van der Waals surface area contributed by atoms with E-state index in [0.717, 1.165) is 81.1 Å². The van der Waals surface area contributed by atoms with E-state index < -0.39 is 0 Å². The topological polar surface area (TPSA) is 85.9 Å². The molecule has 3 fully saturated rings. The summed E-state index contributed by atoms with van der Waals surface area (Å²) in [5.41, 5.74) is 3.84. The minimum Gasteiger partial charge on any atom is -0.490 e. The molecule has 3 aromatic carbocycles. The summed E-state index contributed by atoms with van der Waals surface area (Å²) < 4.78 is 6.01. The van der Waals surface area contributed by atoms with E-state index >= 15 is 0 Å². The second-order valence-corrected chi connectivity index (χ2v) is 12.1. The maximum absolute atomic E-state index is 13.1. The predicted octanol–water partition coefficient (Wildman–Crippen LogP) is 6.26. The van der Waals surface area contributed by atoms with E-state index in [9.17, 15) is 9.59 Å². The molecule has 3 N–H and O–H groups in total. The van der Waals surface area contributed by atoms with Crippen LogP contribution in [0.3, 0.4) is 0 Å². The third-order valence-corrected chi connectivity index (χ3v) is 8.95. The van der Waals surface area contributed by atoms with Gasteiger partial charge in [0, 0.05) is 43.2 Å². The van der Waals surface area contributed by atoms with E-state index in [1.807, 2.05) is 54.6 Å². The van der Waals surface area contributed by atoms with Crippen molar-refractivity contribution in [1.82, 2.24) is 10.2 Å². The molecule has 8 nitrogen and oxygen atoms in total. The zero-order valence-corrected chi connectivity index (χ0v) is 24.8. The Morgan fingerprint density at radius 3 is 2.19 bits per heavy atom. The Hall–Kier alpha value is -4.04. The molecule has 0 radical (unpaired) electrons. The molecule has 3 aliphatic rings. The Balaban J connectivity index is 0.924. The number of hydrogen-bond donors (Lipinski definition) is 3. The van der Waals surface area contributed by atoms with Crippen molar-refractivity contribution in [2.75, 3.05) is 41.7 Å². The number of carbonyl (C=O) groups excluding carboxylic acids is 2. The molecule has 2 heterocycles. The maximum atomic E-state index is 13.1. The highest BCUT2D eigenvalue weighted by atomic mass is 16.5. The molecule has 0 bridgehead atoms. The number of amides is 3. The van der Waals surface area contributed by atoms with Gasteiger partial charge in [-0.15, -0.1) is 0 Å². The summed E-state index contributed by atoms with van der Waals surface area (Å²) >= 11 is 0. The number of anilines is 3. The fraction of sp³-hybridized carbons (Fsp3) is 0.429. The molecule has 226 valence electrons. The first-order valence-electron chi connectivity index (χ1n) is 15.8. The normalized spacial score (nSPS) is 20.7. The molecule has 0 aromatic heterocycles. The van der Waals surface area contributed by atoms with Gasteiger partial charge in [-0.05, 0) is 112 Å². The molecule has 2 saturated heterocycles. The third kappa shape index (κ3) is 7.87. The van der Waals surface area contributed by atoms with Crippen LogP contribution in [0.5, 0.6) is 5.75 Å². The lowest BCUT2D eigenvalue weighted by Crippen LogP contribution is -2.44. The van der Waals surface area contributed by atoms with Crippen molar-refractivity contribution in [3.8, 4) is 5.75 Å². The molecule has 3 aromatic rings. The molecule has 1 aliphatic carbocycles. The molecule has 3 amide bonds. The number of benzene rings is 3. The van der Waals surface area contributed by atoms with Gasteiger partial charge in [-0.25, -0.2) is 4.79 Å². The van der Waals surface area contributed by atoms with Crippen LogP contribution in [0.2, 0.25) is 0 Å². The van der Waals surface area contributed by atoms with E-state index in [0.29, 0.717) is 18.6 Å². The van der Waals surface area contributed by atoms with Crippen LogP contribution in [0.25, 0.3) is 0 Å². The molecule has 43 heavy (non-hydrogen) atoms. The Kier molecular flexibility index (Phi) is 9.43. The molecule has 2 aliphatic heterocycles. The van der Waals surface area contributed by atoms with Gasteiger partial charge < -0.3 is 25.6 Å². The van der Waals surface area contributed by atoms with Crippen LogP contribution in [0.1, 0.15) is 50.5 Å². The smallest absolute Gasteiger partial charge is 0.323 e. The number of nitrogens with zero attached hydrogens (tertiary/aromatic N) is 2. The van der Waals surface area contributed by atoms with Gasteiger partial charge in [0.1, 0.15) is 5.75 Å². The summed E-state index contributed by atoms with van der Waals surface area (Å²) in [5, 5.41) is 9.06. The highest BCUT2D eigenvalue weighted by Crippen LogP contribution is 2.27. The Bertz CT molecular complexity index is 1340. The molecule has 6 rings (SSSR count). The Morgan fingerprint density at radius 1 is 0.767 bits per heavy atom. The van der Waals surface area contributed by atoms with Gasteiger partial charge in [0.2, 0.25) is 5.91 Å². The van der Waals surface area contributed by atoms with E-state index in [1.54, 1.807) is 0 Å². The number of likely N-dealkylation sites (tertiary alicyclic amines) is 1. The number of urea groups is 1. The average Bonchev–Trinajstić information content (AvgIpc) is 3.81. The van der Waals surface area contributed by atoms with Crippen LogP contribution in [0, 0.1) is 5.92 Å². The van der Waals surface area contributed by atoms with E-state index in [-0.39, 0.29) is 18.0 Å². The lowest BCUT2D eigenvalue weighted by molar-refractivity contribution is -0.125. The zero-order chi connectivity index (χ0) is 29.4. The second kappa shape index (κ2) is 14.0. The first-order chi connectivity index (χ1) is 21.1. The van der Waals surface area contributed by atoms with Crippen molar-refractivity contribution < 1.29 is 14.3 Å². The predicted molar refractivity (Wildman–Crippen MR) is 172 cm³/mol. The van der Waals surface area contributed by atoms with Gasteiger partial charge in [-0.1, -0.05) is 30.3 Å². The SMILES string of the molecule is O=C(Nc1ccc(OC2CCCC2)cc1)Nc1ccc(N2CCC(CNC(=O)[C@@H]3CCCN3Cc3ccccc3)C2)cc1.